The molecule has 1 aliphatic heterocycles. The fourth-order valence-electron chi connectivity index (χ4n) is 3.63. The van der Waals surface area contributed by atoms with E-state index in [1.54, 1.807) is 53.3 Å². The maximum Gasteiger partial charge on any atom is 0.253 e. The molecule has 1 unspecified atom stereocenters. The Kier molecular flexibility index (Phi) is 7.27. The molecular weight excluding hydrogens is 470 g/mol. The van der Waals surface area contributed by atoms with E-state index in [1.165, 1.54) is 11.3 Å². The second kappa shape index (κ2) is 10.2. The molecule has 0 radical (unpaired) electrons. The smallest absolute Gasteiger partial charge is 0.253 e. The number of thioether (sulfide) groups is 1. The summed E-state index contributed by atoms with van der Waals surface area (Å²) in [5.74, 6) is 1.67. The van der Waals surface area contributed by atoms with Crippen molar-refractivity contribution in [3.05, 3.63) is 53.9 Å². The second-order valence-corrected chi connectivity index (χ2v) is 11.6. The van der Waals surface area contributed by atoms with Crippen molar-refractivity contribution in [2.75, 3.05) is 24.1 Å². The van der Waals surface area contributed by atoms with Crippen molar-refractivity contribution < 1.29 is 14.0 Å². The van der Waals surface area contributed by atoms with Crippen LogP contribution in [0.3, 0.4) is 0 Å². The Labute approximate surface area is 207 Å². The van der Waals surface area contributed by atoms with E-state index in [-0.39, 0.29) is 23.1 Å². The highest BCUT2D eigenvalue weighted by molar-refractivity contribution is 8.00. The molecule has 1 aliphatic rings. The Balaban J connectivity index is 1.30. The number of nitrogens with zero attached hydrogens (tertiary/aromatic N) is 3. The van der Waals surface area contributed by atoms with Gasteiger partial charge in [-0.15, -0.1) is 11.8 Å². The van der Waals surface area contributed by atoms with Gasteiger partial charge in [-0.25, -0.2) is 9.97 Å². The average molecular weight is 500 g/mol. The summed E-state index contributed by atoms with van der Waals surface area (Å²) >= 11 is 2.99. The number of oxazole rings is 1. The minimum atomic E-state index is -0.269. The van der Waals surface area contributed by atoms with E-state index < -0.39 is 0 Å². The first-order valence-electron chi connectivity index (χ1n) is 11.2. The number of aromatic nitrogens is 2. The molecule has 0 saturated carbocycles. The molecule has 1 atom stereocenters. The van der Waals surface area contributed by atoms with Crippen LogP contribution in [0.5, 0.6) is 0 Å². The number of likely N-dealkylation sites (tertiary alicyclic amines) is 1. The zero-order chi connectivity index (χ0) is 24.3. The van der Waals surface area contributed by atoms with Crippen LogP contribution in [0.1, 0.15) is 55.6 Å². The van der Waals surface area contributed by atoms with Crippen LogP contribution in [0.25, 0.3) is 0 Å². The number of nitrogen functional groups attached to an aromatic ring is 1. The molecule has 0 aliphatic carbocycles. The molecule has 1 saturated heterocycles. The first kappa shape index (κ1) is 24.3. The minimum Gasteiger partial charge on any atom is -0.444 e. The fourth-order valence-corrected chi connectivity index (χ4v) is 5.36. The molecular formula is C24H29N5O3S2. The topological polar surface area (TPSA) is 114 Å². The number of piperidine rings is 1. The third kappa shape index (κ3) is 5.98. The van der Waals surface area contributed by atoms with Gasteiger partial charge in [0.1, 0.15) is 5.76 Å². The summed E-state index contributed by atoms with van der Waals surface area (Å²) < 4.78 is 6.80. The number of nitrogens with two attached hydrogens (primary N) is 1. The van der Waals surface area contributed by atoms with Gasteiger partial charge in [0.25, 0.3) is 5.91 Å². The number of hydrogen-bond donors (Lipinski definition) is 2. The number of rotatable bonds is 6. The first-order chi connectivity index (χ1) is 16.2. The van der Waals surface area contributed by atoms with Gasteiger partial charge in [0.05, 0.1) is 28.3 Å². The van der Waals surface area contributed by atoms with Gasteiger partial charge in [-0.1, -0.05) is 32.1 Å². The van der Waals surface area contributed by atoms with Crippen LogP contribution in [-0.4, -0.2) is 39.8 Å². The number of thiazole rings is 1. The number of amides is 2. The molecule has 10 heteroatoms. The summed E-state index contributed by atoms with van der Waals surface area (Å²) in [6, 6.07) is 6.87. The fraction of sp³-hybridized carbons (Fsp3) is 0.417. The predicted octanol–water partition coefficient (Wildman–Crippen LogP) is 4.79. The number of carbonyl (C=O) groups excluding carboxylic acids is 2. The summed E-state index contributed by atoms with van der Waals surface area (Å²) in [4.78, 5) is 36.1. The van der Waals surface area contributed by atoms with E-state index in [9.17, 15) is 9.59 Å². The summed E-state index contributed by atoms with van der Waals surface area (Å²) in [6.07, 6.45) is 5.05. The SMILES string of the molecule is CC(C)(C)c1cnc(CSc2cnc(NC(=O)C3CCCN(C(=O)c4ccc(N)cc4)C3)s2)o1. The number of benzene rings is 1. The minimum absolute atomic E-state index is 0.0771. The third-order valence-corrected chi connectivity index (χ3v) is 7.67. The molecule has 4 rings (SSSR count). The van der Waals surface area contributed by atoms with Gasteiger partial charge in [0.2, 0.25) is 11.8 Å². The van der Waals surface area contributed by atoms with E-state index in [1.807, 2.05) is 0 Å². The lowest BCUT2D eigenvalue weighted by molar-refractivity contribution is -0.121. The van der Waals surface area contributed by atoms with Crippen molar-refractivity contribution in [3.8, 4) is 0 Å². The van der Waals surface area contributed by atoms with Crippen LogP contribution >= 0.6 is 23.1 Å². The van der Waals surface area contributed by atoms with E-state index >= 15 is 0 Å². The summed E-state index contributed by atoms with van der Waals surface area (Å²) in [5, 5.41) is 3.48. The van der Waals surface area contributed by atoms with Crippen molar-refractivity contribution in [2.24, 2.45) is 5.92 Å². The maximum absolute atomic E-state index is 12.9. The van der Waals surface area contributed by atoms with Crippen molar-refractivity contribution in [1.82, 2.24) is 14.9 Å². The Hall–Kier alpha value is -2.85. The molecule has 0 bridgehead atoms. The lowest BCUT2D eigenvalue weighted by atomic mass is 9.94. The molecule has 3 heterocycles. The Morgan fingerprint density at radius 2 is 2.00 bits per heavy atom. The lowest BCUT2D eigenvalue weighted by Crippen LogP contribution is -2.43. The van der Waals surface area contributed by atoms with Crippen LogP contribution in [0, 0.1) is 5.92 Å². The zero-order valence-corrected chi connectivity index (χ0v) is 21.2. The summed E-state index contributed by atoms with van der Waals surface area (Å²) in [6.45, 7) is 7.29. The highest BCUT2D eigenvalue weighted by Gasteiger charge is 2.29. The van der Waals surface area contributed by atoms with Crippen molar-refractivity contribution in [2.45, 2.75) is 49.0 Å². The quantitative estimate of drug-likeness (QED) is 0.370. The molecule has 2 aromatic heterocycles. The molecule has 0 spiro atoms. The predicted molar refractivity (Wildman–Crippen MR) is 135 cm³/mol. The number of carbonyl (C=O) groups is 2. The highest BCUT2D eigenvalue weighted by atomic mass is 32.2. The van der Waals surface area contributed by atoms with Crippen molar-refractivity contribution in [1.29, 1.82) is 0 Å². The lowest BCUT2D eigenvalue weighted by Gasteiger charge is -2.32. The number of hydrogen-bond acceptors (Lipinski definition) is 8. The Morgan fingerprint density at radius 3 is 2.71 bits per heavy atom. The standard InChI is InChI=1S/C24H29N5O3S2/c1-24(2,3)18-11-26-19(32-18)14-33-20-12-27-23(34-20)28-21(30)16-5-4-10-29(13-16)22(31)15-6-8-17(25)9-7-15/h6-9,11-12,16H,4-5,10,13-14,25H2,1-3H3,(H,27,28,30). The van der Waals surface area contributed by atoms with Crippen LogP contribution in [0.4, 0.5) is 10.8 Å². The van der Waals surface area contributed by atoms with E-state index in [0.717, 1.165) is 22.8 Å². The van der Waals surface area contributed by atoms with E-state index in [0.29, 0.717) is 41.1 Å². The summed E-state index contributed by atoms with van der Waals surface area (Å²) in [5.41, 5.74) is 6.83. The van der Waals surface area contributed by atoms with Crippen molar-refractivity contribution >= 4 is 45.7 Å². The molecule has 3 N–H and O–H groups in total. The van der Waals surface area contributed by atoms with Gasteiger partial charge in [-0.2, -0.15) is 0 Å². The normalized spacial score (nSPS) is 16.4. The van der Waals surface area contributed by atoms with E-state index in [4.69, 9.17) is 10.2 Å². The molecule has 3 aromatic rings. The van der Waals surface area contributed by atoms with Gasteiger partial charge < -0.3 is 20.4 Å². The van der Waals surface area contributed by atoms with Gasteiger partial charge in [-0.3, -0.25) is 9.59 Å². The van der Waals surface area contributed by atoms with E-state index in [2.05, 4.69) is 36.1 Å². The maximum atomic E-state index is 12.9. The Bertz CT molecular complexity index is 1150. The van der Waals surface area contributed by atoms with Crippen molar-refractivity contribution in [3.63, 3.8) is 0 Å². The van der Waals surface area contributed by atoms with Crippen LogP contribution in [0.15, 0.2) is 45.3 Å². The second-order valence-electron chi connectivity index (χ2n) is 9.34. The average Bonchev–Trinajstić information content (AvgIpc) is 3.47. The van der Waals surface area contributed by atoms with Gasteiger partial charge in [-0.05, 0) is 37.1 Å². The number of nitrogens with one attached hydrogen (secondary N) is 1. The Morgan fingerprint density at radius 1 is 1.24 bits per heavy atom. The largest absolute Gasteiger partial charge is 0.444 e. The molecule has 1 aromatic carbocycles. The van der Waals surface area contributed by atoms with Gasteiger partial charge >= 0.3 is 0 Å². The number of anilines is 2. The molecule has 2 amide bonds. The molecule has 34 heavy (non-hydrogen) atoms. The first-order valence-corrected chi connectivity index (χ1v) is 13.0. The zero-order valence-electron chi connectivity index (χ0n) is 19.5. The monoisotopic (exact) mass is 499 g/mol. The van der Waals surface area contributed by atoms with Crippen LogP contribution < -0.4 is 11.1 Å². The van der Waals surface area contributed by atoms with Gasteiger partial charge in [0, 0.05) is 29.8 Å². The highest BCUT2D eigenvalue weighted by Crippen LogP contribution is 2.32. The summed E-state index contributed by atoms with van der Waals surface area (Å²) in [7, 11) is 0. The van der Waals surface area contributed by atoms with Gasteiger partial charge in [0.15, 0.2) is 5.13 Å². The van der Waals surface area contributed by atoms with Crippen LogP contribution in [-0.2, 0) is 16.0 Å². The van der Waals surface area contributed by atoms with Crippen LogP contribution in [0.2, 0.25) is 0 Å². The third-order valence-electron chi connectivity index (χ3n) is 5.58. The molecule has 8 nitrogen and oxygen atoms in total. The molecule has 180 valence electrons. The molecule has 1 fully saturated rings.